The van der Waals surface area contributed by atoms with E-state index in [1.165, 1.54) is 6.42 Å². The Kier molecular flexibility index (Phi) is 3.76. The van der Waals surface area contributed by atoms with Gasteiger partial charge in [-0.05, 0) is 13.3 Å². The molecule has 0 fully saturated rings. The Hall–Kier alpha value is -1.03. The normalized spacial score (nSPS) is 21.6. The lowest BCUT2D eigenvalue weighted by molar-refractivity contribution is 0.605. The molecule has 1 unspecified atom stereocenters. The minimum Gasteiger partial charge on any atom is -0.384 e. The van der Waals surface area contributed by atoms with E-state index in [2.05, 4.69) is 22.5 Å². The molecular formula is C9H18N4. The van der Waals surface area contributed by atoms with Crippen LogP contribution in [0.25, 0.3) is 0 Å². The predicted molar refractivity (Wildman–Crippen MR) is 55.2 cm³/mol. The summed E-state index contributed by atoms with van der Waals surface area (Å²) in [6.07, 6.45) is 3.86. The van der Waals surface area contributed by atoms with Crippen molar-refractivity contribution in [2.45, 2.75) is 32.9 Å². The molecule has 13 heavy (non-hydrogen) atoms. The molecule has 1 aliphatic rings. The summed E-state index contributed by atoms with van der Waals surface area (Å²) in [5.41, 5.74) is 7.81. The molecule has 0 spiro atoms. The fraction of sp³-hybridized carbons (Fsp3) is 0.667. The van der Waals surface area contributed by atoms with E-state index in [9.17, 15) is 0 Å². The molecule has 4 N–H and O–H groups in total. The lowest BCUT2D eigenvalue weighted by Gasteiger charge is -2.22. The molecular weight excluding hydrogens is 164 g/mol. The van der Waals surface area contributed by atoms with Gasteiger partial charge in [-0.25, -0.2) is 4.99 Å². The van der Waals surface area contributed by atoms with E-state index >= 15 is 0 Å². The van der Waals surface area contributed by atoms with Crippen molar-refractivity contribution in [2.75, 3.05) is 6.54 Å². The van der Waals surface area contributed by atoms with Gasteiger partial charge in [0.05, 0.1) is 17.7 Å². The van der Waals surface area contributed by atoms with E-state index in [4.69, 9.17) is 5.73 Å². The van der Waals surface area contributed by atoms with Crippen LogP contribution in [0.2, 0.25) is 0 Å². The van der Waals surface area contributed by atoms with Crippen molar-refractivity contribution in [3.63, 3.8) is 0 Å². The lowest BCUT2D eigenvalue weighted by atomic mass is 10.2. The maximum absolute atomic E-state index is 5.83. The first-order valence-corrected chi connectivity index (χ1v) is 4.74. The molecule has 1 rings (SSSR count). The Morgan fingerprint density at radius 3 is 3.08 bits per heavy atom. The molecule has 0 aliphatic carbocycles. The molecule has 0 aromatic rings. The second kappa shape index (κ2) is 4.87. The van der Waals surface area contributed by atoms with Crippen LogP contribution < -0.4 is 16.4 Å². The number of rotatable bonds is 4. The lowest BCUT2D eigenvalue weighted by Crippen LogP contribution is -2.45. The van der Waals surface area contributed by atoms with Crippen LogP contribution in [0, 0.1) is 0 Å². The summed E-state index contributed by atoms with van der Waals surface area (Å²) < 4.78 is 0. The summed E-state index contributed by atoms with van der Waals surface area (Å²) >= 11 is 0. The average molecular weight is 182 g/mol. The second-order valence-corrected chi connectivity index (χ2v) is 3.18. The highest BCUT2D eigenvalue weighted by atomic mass is 15.1. The van der Waals surface area contributed by atoms with Crippen molar-refractivity contribution in [2.24, 2.45) is 10.7 Å². The Bertz CT molecular complexity index is 220. The zero-order chi connectivity index (χ0) is 9.68. The van der Waals surface area contributed by atoms with Gasteiger partial charge in [0.15, 0.2) is 0 Å². The number of nitrogens with one attached hydrogen (secondary N) is 2. The number of nitrogens with two attached hydrogens (primary N) is 1. The standard InChI is InChI=1S/C9H18N4/c1-3-4-5-11-8-7(2)12-6-13-9(8)10/h6,9,11H,3-5,10H2,1-2H3,(H,12,13). The maximum Gasteiger partial charge on any atom is 0.118 e. The van der Waals surface area contributed by atoms with Crippen LogP contribution in [-0.2, 0) is 0 Å². The number of aliphatic imine (C=N–C) groups is 1. The quantitative estimate of drug-likeness (QED) is 0.556. The largest absolute Gasteiger partial charge is 0.384 e. The van der Waals surface area contributed by atoms with Crippen LogP contribution in [-0.4, -0.2) is 19.0 Å². The van der Waals surface area contributed by atoms with Gasteiger partial charge in [-0.15, -0.1) is 0 Å². The molecule has 0 saturated carbocycles. The maximum atomic E-state index is 5.83. The van der Waals surface area contributed by atoms with E-state index in [1.54, 1.807) is 6.34 Å². The summed E-state index contributed by atoms with van der Waals surface area (Å²) in [4.78, 5) is 4.14. The SMILES string of the molecule is CCCCNC1=C(C)N=CNC1N. The molecule has 74 valence electrons. The van der Waals surface area contributed by atoms with Gasteiger partial charge in [-0.2, -0.15) is 0 Å². The molecule has 0 radical (unpaired) electrons. The summed E-state index contributed by atoms with van der Waals surface area (Å²) in [6.45, 7) is 5.10. The second-order valence-electron chi connectivity index (χ2n) is 3.18. The van der Waals surface area contributed by atoms with Gasteiger partial charge in [-0.3, -0.25) is 0 Å². The van der Waals surface area contributed by atoms with Gasteiger partial charge in [0.25, 0.3) is 0 Å². The first-order chi connectivity index (χ1) is 6.25. The van der Waals surface area contributed by atoms with Crippen molar-refractivity contribution < 1.29 is 0 Å². The van der Waals surface area contributed by atoms with Crippen molar-refractivity contribution in [3.8, 4) is 0 Å². The average Bonchev–Trinajstić information content (AvgIpc) is 2.10. The first kappa shape index (κ1) is 10.1. The highest BCUT2D eigenvalue weighted by Gasteiger charge is 2.13. The number of allylic oxidation sites excluding steroid dienone is 1. The Morgan fingerprint density at radius 2 is 2.46 bits per heavy atom. The topological polar surface area (TPSA) is 62.4 Å². The summed E-state index contributed by atoms with van der Waals surface area (Å²) in [6, 6.07) is 0. The van der Waals surface area contributed by atoms with E-state index in [0.29, 0.717) is 0 Å². The zero-order valence-electron chi connectivity index (χ0n) is 8.30. The smallest absolute Gasteiger partial charge is 0.118 e. The number of hydrogen-bond acceptors (Lipinski definition) is 4. The Morgan fingerprint density at radius 1 is 1.69 bits per heavy atom. The van der Waals surface area contributed by atoms with Crippen LogP contribution in [0.3, 0.4) is 0 Å². The minimum absolute atomic E-state index is 0.130. The molecule has 1 aliphatic heterocycles. The van der Waals surface area contributed by atoms with Crippen molar-refractivity contribution >= 4 is 6.34 Å². The predicted octanol–water partition coefficient (Wildman–Crippen LogP) is 0.524. The summed E-state index contributed by atoms with van der Waals surface area (Å²) in [7, 11) is 0. The van der Waals surface area contributed by atoms with Gasteiger partial charge in [0, 0.05) is 6.54 Å². The van der Waals surface area contributed by atoms with Gasteiger partial charge in [-0.1, -0.05) is 13.3 Å². The first-order valence-electron chi connectivity index (χ1n) is 4.74. The third kappa shape index (κ3) is 2.73. The third-order valence-corrected chi connectivity index (χ3v) is 2.06. The van der Waals surface area contributed by atoms with Crippen molar-refractivity contribution in [1.29, 1.82) is 0 Å². The third-order valence-electron chi connectivity index (χ3n) is 2.06. The minimum atomic E-state index is -0.130. The Labute approximate surface area is 79.3 Å². The molecule has 0 saturated heterocycles. The van der Waals surface area contributed by atoms with E-state index in [-0.39, 0.29) is 6.17 Å². The Balaban J connectivity index is 2.48. The molecule has 0 aromatic heterocycles. The molecule has 0 aromatic carbocycles. The van der Waals surface area contributed by atoms with Crippen molar-refractivity contribution in [1.82, 2.24) is 10.6 Å². The van der Waals surface area contributed by atoms with Crippen LogP contribution >= 0.6 is 0 Å². The van der Waals surface area contributed by atoms with E-state index < -0.39 is 0 Å². The molecule has 4 heteroatoms. The highest BCUT2D eigenvalue weighted by molar-refractivity contribution is 5.59. The van der Waals surface area contributed by atoms with Crippen LogP contribution in [0.15, 0.2) is 16.4 Å². The monoisotopic (exact) mass is 182 g/mol. The van der Waals surface area contributed by atoms with Gasteiger partial charge < -0.3 is 16.4 Å². The van der Waals surface area contributed by atoms with E-state index in [0.717, 1.165) is 24.4 Å². The van der Waals surface area contributed by atoms with Crippen LogP contribution in [0.4, 0.5) is 0 Å². The zero-order valence-corrected chi connectivity index (χ0v) is 8.30. The van der Waals surface area contributed by atoms with Crippen molar-refractivity contribution in [3.05, 3.63) is 11.4 Å². The van der Waals surface area contributed by atoms with Crippen LogP contribution in [0.1, 0.15) is 26.7 Å². The fourth-order valence-corrected chi connectivity index (χ4v) is 1.23. The molecule has 1 heterocycles. The molecule has 1 atom stereocenters. The van der Waals surface area contributed by atoms with Crippen LogP contribution in [0.5, 0.6) is 0 Å². The number of unbranched alkanes of at least 4 members (excludes halogenated alkanes) is 1. The van der Waals surface area contributed by atoms with Gasteiger partial charge in [0.1, 0.15) is 6.17 Å². The summed E-state index contributed by atoms with van der Waals surface area (Å²) in [5.74, 6) is 0. The number of nitrogens with zero attached hydrogens (tertiary/aromatic N) is 1. The molecule has 0 amide bonds. The fourth-order valence-electron chi connectivity index (χ4n) is 1.23. The van der Waals surface area contributed by atoms with Gasteiger partial charge >= 0.3 is 0 Å². The molecule has 0 bridgehead atoms. The summed E-state index contributed by atoms with van der Waals surface area (Å²) in [5, 5.41) is 6.26. The molecule has 4 nitrogen and oxygen atoms in total. The highest BCUT2D eigenvalue weighted by Crippen LogP contribution is 2.07. The van der Waals surface area contributed by atoms with Gasteiger partial charge in [0.2, 0.25) is 0 Å². The van der Waals surface area contributed by atoms with E-state index in [1.807, 2.05) is 6.92 Å². The number of hydrogen-bond donors (Lipinski definition) is 3.